The van der Waals surface area contributed by atoms with E-state index in [-0.39, 0.29) is 11.8 Å². The number of ether oxygens (including phenoxy) is 1. The van der Waals surface area contributed by atoms with Gasteiger partial charge >= 0.3 is 5.97 Å². The molecule has 0 saturated carbocycles. The van der Waals surface area contributed by atoms with Crippen molar-refractivity contribution in [2.24, 2.45) is 0 Å². The number of anilines is 1. The Bertz CT molecular complexity index is 767. The summed E-state index contributed by atoms with van der Waals surface area (Å²) in [6.07, 6.45) is 0. The summed E-state index contributed by atoms with van der Waals surface area (Å²) < 4.78 is 4.64. The number of nitrogens with one attached hydrogen (secondary N) is 1. The number of nitrogens with zero attached hydrogens (tertiary/aromatic N) is 1. The molecule has 2 amide bonds. The molecule has 0 fully saturated rings. The second-order valence-corrected chi connectivity index (χ2v) is 5.30. The van der Waals surface area contributed by atoms with E-state index in [4.69, 9.17) is 0 Å². The summed E-state index contributed by atoms with van der Waals surface area (Å²) >= 11 is 0. The molecule has 0 atom stereocenters. The maximum atomic E-state index is 12.3. The van der Waals surface area contributed by atoms with Crippen LogP contribution in [-0.2, 0) is 4.74 Å². The zero-order chi connectivity index (χ0) is 17.7. The first-order valence-electron chi connectivity index (χ1n) is 7.24. The molecule has 0 heterocycles. The molecule has 24 heavy (non-hydrogen) atoms. The average molecular weight is 326 g/mol. The van der Waals surface area contributed by atoms with E-state index in [9.17, 15) is 14.4 Å². The summed E-state index contributed by atoms with van der Waals surface area (Å²) in [5, 5.41) is 2.72. The lowest BCUT2D eigenvalue weighted by atomic mass is 10.1. The Kier molecular flexibility index (Phi) is 5.31. The van der Waals surface area contributed by atoms with E-state index in [2.05, 4.69) is 10.1 Å². The van der Waals surface area contributed by atoms with Gasteiger partial charge in [-0.3, -0.25) is 9.59 Å². The third-order valence-corrected chi connectivity index (χ3v) is 3.34. The molecule has 0 radical (unpaired) electrons. The molecule has 0 aromatic heterocycles. The lowest BCUT2D eigenvalue weighted by Gasteiger charge is -2.11. The van der Waals surface area contributed by atoms with Crippen molar-refractivity contribution in [2.45, 2.75) is 0 Å². The van der Waals surface area contributed by atoms with Crippen LogP contribution in [0.2, 0.25) is 0 Å². The largest absolute Gasteiger partial charge is 0.465 e. The van der Waals surface area contributed by atoms with E-state index in [0.717, 1.165) is 0 Å². The number of benzene rings is 2. The molecule has 0 bridgehead atoms. The van der Waals surface area contributed by atoms with Crippen LogP contribution in [0.5, 0.6) is 0 Å². The molecule has 0 saturated heterocycles. The number of carbonyl (C=O) groups is 3. The fourth-order valence-corrected chi connectivity index (χ4v) is 2.06. The Morgan fingerprint density at radius 3 is 2.12 bits per heavy atom. The normalized spacial score (nSPS) is 9.96. The summed E-state index contributed by atoms with van der Waals surface area (Å²) in [7, 11) is 4.63. The summed E-state index contributed by atoms with van der Waals surface area (Å²) in [5.74, 6) is -0.970. The van der Waals surface area contributed by atoms with Gasteiger partial charge in [-0.05, 0) is 42.5 Å². The van der Waals surface area contributed by atoms with Crippen LogP contribution < -0.4 is 5.32 Å². The summed E-state index contributed by atoms with van der Waals surface area (Å²) in [6.45, 7) is 0. The molecule has 2 rings (SSSR count). The first-order valence-corrected chi connectivity index (χ1v) is 7.24. The molecule has 124 valence electrons. The van der Waals surface area contributed by atoms with Crippen LogP contribution in [0, 0.1) is 0 Å². The van der Waals surface area contributed by atoms with Crippen LogP contribution in [0.3, 0.4) is 0 Å². The van der Waals surface area contributed by atoms with Crippen molar-refractivity contribution in [3.8, 4) is 0 Å². The molecule has 2 aromatic rings. The van der Waals surface area contributed by atoms with Gasteiger partial charge in [0, 0.05) is 30.9 Å². The SMILES string of the molecule is COC(=O)c1cccc(C(=O)Nc2ccc(C(=O)N(C)C)cc2)c1. The van der Waals surface area contributed by atoms with Crippen LogP contribution >= 0.6 is 0 Å². The summed E-state index contributed by atoms with van der Waals surface area (Å²) in [5.41, 5.74) is 1.73. The average Bonchev–Trinajstić information content (AvgIpc) is 2.61. The van der Waals surface area contributed by atoms with Crippen LogP contribution in [0.4, 0.5) is 5.69 Å². The van der Waals surface area contributed by atoms with Gasteiger partial charge in [0.2, 0.25) is 0 Å². The Labute approximate surface area is 140 Å². The molecule has 6 nitrogen and oxygen atoms in total. The predicted octanol–water partition coefficient (Wildman–Crippen LogP) is 2.43. The minimum atomic E-state index is -0.504. The highest BCUT2D eigenvalue weighted by molar-refractivity contribution is 6.06. The van der Waals surface area contributed by atoms with Gasteiger partial charge in [-0.25, -0.2) is 4.79 Å². The monoisotopic (exact) mass is 326 g/mol. The highest BCUT2D eigenvalue weighted by atomic mass is 16.5. The number of rotatable bonds is 4. The van der Waals surface area contributed by atoms with Crippen molar-refractivity contribution in [1.82, 2.24) is 4.90 Å². The van der Waals surface area contributed by atoms with Gasteiger partial charge in [-0.15, -0.1) is 0 Å². The van der Waals surface area contributed by atoms with Gasteiger partial charge < -0.3 is 15.0 Å². The molecule has 0 spiro atoms. The van der Waals surface area contributed by atoms with Crippen LogP contribution in [0.15, 0.2) is 48.5 Å². The predicted molar refractivity (Wildman–Crippen MR) is 90.2 cm³/mol. The van der Waals surface area contributed by atoms with E-state index in [1.165, 1.54) is 18.1 Å². The Morgan fingerprint density at radius 2 is 1.54 bits per heavy atom. The summed E-state index contributed by atoms with van der Waals surface area (Å²) in [4.78, 5) is 37.1. The quantitative estimate of drug-likeness (QED) is 0.876. The second kappa shape index (κ2) is 7.41. The van der Waals surface area contributed by atoms with E-state index in [1.807, 2.05) is 0 Å². The Balaban J connectivity index is 2.12. The van der Waals surface area contributed by atoms with Crippen molar-refractivity contribution >= 4 is 23.5 Å². The molecule has 1 N–H and O–H groups in total. The van der Waals surface area contributed by atoms with Crippen LogP contribution in [-0.4, -0.2) is 43.9 Å². The minimum Gasteiger partial charge on any atom is -0.465 e. The topological polar surface area (TPSA) is 75.7 Å². The van der Waals surface area contributed by atoms with Gasteiger partial charge in [-0.2, -0.15) is 0 Å². The van der Waals surface area contributed by atoms with Crippen LogP contribution in [0.25, 0.3) is 0 Å². The van der Waals surface area contributed by atoms with Crippen molar-refractivity contribution in [3.05, 3.63) is 65.2 Å². The van der Waals surface area contributed by atoms with E-state index < -0.39 is 5.97 Å². The molecule has 0 aliphatic carbocycles. The molecule has 0 unspecified atom stereocenters. The highest BCUT2D eigenvalue weighted by Crippen LogP contribution is 2.13. The molecule has 2 aromatic carbocycles. The van der Waals surface area contributed by atoms with E-state index in [1.54, 1.807) is 56.6 Å². The second-order valence-electron chi connectivity index (χ2n) is 5.30. The number of methoxy groups -OCH3 is 1. The van der Waals surface area contributed by atoms with Crippen molar-refractivity contribution in [1.29, 1.82) is 0 Å². The van der Waals surface area contributed by atoms with Gasteiger partial charge in [0.15, 0.2) is 0 Å². The molecular formula is C18H18N2O4. The molecular weight excluding hydrogens is 308 g/mol. The lowest BCUT2D eigenvalue weighted by Crippen LogP contribution is -2.21. The number of amides is 2. The molecule has 6 heteroatoms. The maximum absolute atomic E-state index is 12.3. The van der Waals surface area contributed by atoms with Crippen molar-refractivity contribution < 1.29 is 19.1 Å². The Morgan fingerprint density at radius 1 is 0.917 bits per heavy atom. The zero-order valence-corrected chi connectivity index (χ0v) is 13.7. The standard InChI is InChI=1S/C18H18N2O4/c1-20(2)17(22)12-7-9-15(10-8-12)19-16(21)13-5-4-6-14(11-13)18(23)24-3/h4-11H,1-3H3,(H,19,21). The first-order chi connectivity index (χ1) is 11.4. The third kappa shape index (κ3) is 3.98. The van der Waals surface area contributed by atoms with Crippen LogP contribution in [0.1, 0.15) is 31.1 Å². The fourth-order valence-electron chi connectivity index (χ4n) is 2.06. The summed E-state index contributed by atoms with van der Waals surface area (Å²) in [6, 6.07) is 12.8. The number of hydrogen-bond acceptors (Lipinski definition) is 4. The van der Waals surface area contributed by atoms with E-state index in [0.29, 0.717) is 22.4 Å². The number of esters is 1. The van der Waals surface area contributed by atoms with E-state index >= 15 is 0 Å². The lowest BCUT2D eigenvalue weighted by molar-refractivity contribution is 0.0600. The number of carbonyl (C=O) groups excluding carboxylic acids is 3. The molecule has 0 aliphatic heterocycles. The number of hydrogen-bond donors (Lipinski definition) is 1. The van der Waals surface area contributed by atoms with Gasteiger partial charge in [0.25, 0.3) is 11.8 Å². The highest BCUT2D eigenvalue weighted by Gasteiger charge is 2.12. The fraction of sp³-hybridized carbons (Fsp3) is 0.167. The first kappa shape index (κ1) is 17.2. The van der Waals surface area contributed by atoms with Gasteiger partial charge in [0.1, 0.15) is 0 Å². The maximum Gasteiger partial charge on any atom is 0.337 e. The minimum absolute atomic E-state index is 0.112. The molecule has 0 aliphatic rings. The van der Waals surface area contributed by atoms with Crippen molar-refractivity contribution in [3.63, 3.8) is 0 Å². The zero-order valence-electron chi connectivity index (χ0n) is 13.7. The van der Waals surface area contributed by atoms with Gasteiger partial charge in [0.05, 0.1) is 12.7 Å². The van der Waals surface area contributed by atoms with Gasteiger partial charge in [-0.1, -0.05) is 6.07 Å². The smallest absolute Gasteiger partial charge is 0.337 e. The Hall–Kier alpha value is -3.15. The van der Waals surface area contributed by atoms with Crippen molar-refractivity contribution in [2.75, 3.05) is 26.5 Å². The third-order valence-electron chi connectivity index (χ3n) is 3.34.